The number of ether oxygens (including phenoxy) is 1. The zero-order valence-electron chi connectivity index (χ0n) is 16.1. The molecule has 2 rings (SSSR count). The number of para-hydroxylation sites is 2. The Hall–Kier alpha value is -2.58. The van der Waals surface area contributed by atoms with E-state index in [9.17, 15) is 13.2 Å². The van der Waals surface area contributed by atoms with Gasteiger partial charge < -0.3 is 15.4 Å². The SMILES string of the molecule is COc1ccccc1NC(=O)[C@@H](C)Nc1ccc(C)c(S(=O)(=O)N(C)C)c1. The highest BCUT2D eigenvalue weighted by Crippen LogP contribution is 2.25. The number of methoxy groups -OCH3 is 1. The Bertz CT molecular complexity index is 926. The van der Waals surface area contributed by atoms with E-state index in [0.717, 1.165) is 4.31 Å². The van der Waals surface area contributed by atoms with Gasteiger partial charge in [-0.2, -0.15) is 0 Å². The number of amides is 1. The van der Waals surface area contributed by atoms with E-state index in [-0.39, 0.29) is 10.8 Å². The van der Waals surface area contributed by atoms with Crippen molar-refractivity contribution >= 4 is 27.3 Å². The van der Waals surface area contributed by atoms with E-state index in [1.807, 2.05) is 6.07 Å². The molecule has 2 N–H and O–H groups in total. The number of benzene rings is 2. The summed E-state index contributed by atoms with van der Waals surface area (Å²) >= 11 is 0. The first-order chi connectivity index (χ1) is 12.7. The molecule has 27 heavy (non-hydrogen) atoms. The number of hydrogen-bond donors (Lipinski definition) is 2. The van der Waals surface area contributed by atoms with Crippen molar-refractivity contribution < 1.29 is 17.9 Å². The highest BCUT2D eigenvalue weighted by molar-refractivity contribution is 7.89. The van der Waals surface area contributed by atoms with E-state index in [1.165, 1.54) is 27.3 Å². The van der Waals surface area contributed by atoms with Gasteiger partial charge in [0.1, 0.15) is 11.8 Å². The lowest BCUT2D eigenvalue weighted by Crippen LogP contribution is -2.32. The number of nitrogens with one attached hydrogen (secondary N) is 2. The van der Waals surface area contributed by atoms with E-state index >= 15 is 0 Å². The quantitative estimate of drug-likeness (QED) is 0.758. The van der Waals surface area contributed by atoms with Crippen LogP contribution in [0.2, 0.25) is 0 Å². The molecule has 2 aromatic rings. The minimum Gasteiger partial charge on any atom is -0.495 e. The van der Waals surface area contributed by atoms with E-state index in [2.05, 4.69) is 10.6 Å². The third kappa shape index (κ3) is 4.78. The van der Waals surface area contributed by atoms with Crippen LogP contribution >= 0.6 is 0 Å². The fourth-order valence-electron chi connectivity index (χ4n) is 2.47. The summed E-state index contributed by atoms with van der Waals surface area (Å²) in [6, 6.07) is 11.5. The minimum absolute atomic E-state index is 0.204. The van der Waals surface area contributed by atoms with Crippen molar-refractivity contribution in [3.05, 3.63) is 48.0 Å². The minimum atomic E-state index is -3.57. The smallest absolute Gasteiger partial charge is 0.246 e. The average molecular weight is 391 g/mol. The van der Waals surface area contributed by atoms with Crippen LogP contribution in [0, 0.1) is 6.92 Å². The van der Waals surface area contributed by atoms with E-state index in [0.29, 0.717) is 22.7 Å². The fourth-order valence-corrected chi connectivity index (χ4v) is 3.61. The molecule has 0 aliphatic heterocycles. The predicted octanol–water partition coefficient (Wildman–Crippen LogP) is 2.69. The maximum Gasteiger partial charge on any atom is 0.246 e. The molecule has 0 aromatic heterocycles. The molecule has 8 heteroatoms. The molecule has 0 spiro atoms. The molecule has 0 unspecified atom stereocenters. The molecule has 0 bridgehead atoms. The lowest BCUT2D eigenvalue weighted by atomic mass is 10.2. The maximum atomic E-state index is 12.5. The topological polar surface area (TPSA) is 87.7 Å². The molecule has 0 aliphatic rings. The van der Waals surface area contributed by atoms with Crippen LogP contribution in [0.1, 0.15) is 12.5 Å². The second-order valence-electron chi connectivity index (χ2n) is 6.32. The van der Waals surface area contributed by atoms with Crippen molar-refractivity contribution in [1.29, 1.82) is 0 Å². The molecule has 0 saturated carbocycles. The average Bonchev–Trinajstić information content (AvgIpc) is 2.63. The summed E-state index contributed by atoms with van der Waals surface area (Å²) in [7, 11) is 0.935. The summed E-state index contributed by atoms with van der Waals surface area (Å²) in [5.74, 6) is 0.296. The third-order valence-corrected chi connectivity index (χ3v) is 6.05. The van der Waals surface area contributed by atoms with Crippen molar-refractivity contribution in [3.63, 3.8) is 0 Å². The molecule has 1 atom stereocenters. The number of sulfonamides is 1. The fraction of sp³-hybridized carbons (Fsp3) is 0.316. The number of aryl methyl sites for hydroxylation is 1. The number of carbonyl (C=O) groups is 1. The molecule has 0 aliphatic carbocycles. The number of carbonyl (C=O) groups excluding carboxylic acids is 1. The molecule has 146 valence electrons. The number of nitrogens with zero attached hydrogens (tertiary/aromatic N) is 1. The van der Waals surface area contributed by atoms with Gasteiger partial charge in [-0.3, -0.25) is 4.79 Å². The first-order valence-corrected chi connectivity index (χ1v) is 9.84. The Morgan fingerprint density at radius 2 is 1.81 bits per heavy atom. The normalized spacial score (nSPS) is 12.5. The Balaban J connectivity index is 2.18. The summed E-state index contributed by atoms with van der Waals surface area (Å²) in [5.41, 5.74) is 1.75. The molecule has 7 nitrogen and oxygen atoms in total. The predicted molar refractivity (Wildman–Crippen MR) is 107 cm³/mol. The number of rotatable bonds is 7. The first kappa shape index (κ1) is 20.7. The Labute approximate surface area is 160 Å². The van der Waals surface area contributed by atoms with E-state index in [1.54, 1.807) is 44.2 Å². The van der Waals surface area contributed by atoms with Crippen molar-refractivity contribution in [2.75, 3.05) is 31.8 Å². The van der Waals surface area contributed by atoms with Crippen LogP contribution < -0.4 is 15.4 Å². The van der Waals surface area contributed by atoms with Gasteiger partial charge in [-0.1, -0.05) is 18.2 Å². The van der Waals surface area contributed by atoms with Crippen LogP contribution in [0.15, 0.2) is 47.4 Å². The van der Waals surface area contributed by atoms with E-state index < -0.39 is 16.1 Å². The van der Waals surface area contributed by atoms with Crippen LogP contribution in [-0.2, 0) is 14.8 Å². The van der Waals surface area contributed by atoms with Gasteiger partial charge >= 0.3 is 0 Å². The van der Waals surface area contributed by atoms with Crippen molar-refractivity contribution in [3.8, 4) is 5.75 Å². The number of hydrogen-bond acceptors (Lipinski definition) is 5. The number of anilines is 2. The molecule has 0 fully saturated rings. The van der Waals surface area contributed by atoms with Gasteiger partial charge in [-0.25, -0.2) is 12.7 Å². The van der Waals surface area contributed by atoms with Gasteiger partial charge in [0, 0.05) is 19.8 Å². The lowest BCUT2D eigenvalue weighted by Gasteiger charge is -2.19. The van der Waals surface area contributed by atoms with Gasteiger partial charge in [0.25, 0.3) is 0 Å². The van der Waals surface area contributed by atoms with E-state index in [4.69, 9.17) is 4.74 Å². The van der Waals surface area contributed by atoms with Gasteiger partial charge in [0.05, 0.1) is 17.7 Å². The zero-order valence-corrected chi connectivity index (χ0v) is 16.9. The van der Waals surface area contributed by atoms with Gasteiger partial charge in [0.2, 0.25) is 15.9 Å². The van der Waals surface area contributed by atoms with Gasteiger partial charge in [0.15, 0.2) is 0 Å². The summed E-state index contributed by atoms with van der Waals surface area (Å²) < 4.78 is 31.3. The van der Waals surface area contributed by atoms with Gasteiger partial charge in [-0.15, -0.1) is 0 Å². The molecule has 2 aromatic carbocycles. The standard InChI is InChI=1S/C19H25N3O4S/c1-13-10-11-15(12-18(13)27(24,25)22(3)4)20-14(2)19(23)21-16-8-6-7-9-17(16)26-5/h6-12,14,20H,1-5H3,(H,21,23)/t14-/m1/s1. The highest BCUT2D eigenvalue weighted by Gasteiger charge is 2.21. The van der Waals surface area contributed by atoms with Gasteiger partial charge in [-0.05, 0) is 43.7 Å². The molecule has 1 amide bonds. The molecular weight excluding hydrogens is 366 g/mol. The molecular formula is C19H25N3O4S. The Morgan fingerprint density at radius 1 is 1.15 bits per heavy atom. The molecule has 0 heterocycles. The molecule has 0 saturated heterocycles. The molecule has 0 radical (unpaired) electrons. The largest absolute Gasteiger partial charge is 0.495 e. The van der Waals surface area contributed by atoms with Crippen LogP contribution in [0.25, 0.3) is 0 Å². The summed E-state index contributed by atoms with van der Waals surface area (Å²) in [4.78, 5) is 12.7. The Morgan fingerprint density at radius 3 is 2.44 bits per heavy atom. The summed E-state index contributed by atoms with van der Waals surface area (Å²) in [6.07, 6.45) is 0. The van der Waals surface area contributed by atoms with Crippen LogP contribution in [0.5, 0.6) is 5.75 Å². The van der Waals surface area contributed by atoms with Crippen LogP contribution in [0.3, 0.4) is 0 Å². The van der Waals surface area contributed by atoms with Crippen molar-refractivity contribution in [1.82, 2.24) is 4.31 Å². The highest BCUT2D eigenvalue weighted by atomic mass is 32.2. The summed E-state index contributed by atoms with van der Waals surface area (Å²) in [5, 5.41) is 5.85. The summed E-state index contributed by atoms with van der Waals surface area (Å²) in [6.45, 7) is 3.43. The Kier molecular flexibility index (Phi) is 6.45. The first-order valence-electron chi connectivity index (χ1n) is 8.40. The second-order valence-corrected chi connectivity index (χ2v) is 8.44. The second kappa shape index (κ2) is 8.41. The van der Waals surface area contributed by atoms with Crippen molar-refractivity contribution in [2.24, 2.45) is 0 Å². The monoisotopic (exact) mass is 391 g/mol. The van der Waals surface area contributed by atoms with Crippen LogP contribution in [-0.4, -0.2) is 45.9 Å². The van der Waals surface area contributed by atoms with Crippen LogP contribution in [0.4, 0.5) is 11.4 Å². The van der Waals surface area contributed by atoms with Crippen molar-refractivity contribution in [2.45, 2.75) is 24.8 Å². The lowest BCUT2D eigenvalue weighted by molar-refractivity contribution is -0.116. The maximum absolute atomic E-state index is 12.5. The zero-order chi connectivity index (χ0) is 20.2. The third-order valence-electron chi connectivity index (χ3n) is 4.09.